The Hall–Kier alpha value is -0.340. The van der Waals surface area contributed by atoms with Crippen LogP contribution in [-0.2, 0) is 6.42 Å². The molecular formula is C11H11BrS. The molecule has 13 heavy (non-hydrogen) atoms. The molecule has 68 valence electrons. The van der Waals surface area contributed by atoms with Crippen LogP contribution in [-0.4, -0.2) is 0 Å². The van der Waals surface area contributed by atoms with Gasteiger partial charge in [0.2, 0.25) is 0 Å². The van der Waals surface area contributed by atoms with Gasteiger partial charge in [0, 0.05) is 14.0 Å². The lowest BCUT2D eigenvalue weighted by Gasteiger charge is -1.93. The second-order valence-corrected chi connectivity index (χ2v) is 5.08. The molecule has 0 aliphatic rings. The molecule has 0 nitrogen and oxygen atoms in total. The first-order chi connectivity index (χ1) is 6.24. The van der Waals surface area contributed by atoms with Crippen molar-refractivity contribution in [3.8, 4) is 0 Å². The zero-order chi connectivity index (χ0) is 9.42. The molecule has 0 unspecified atom stereocenters. The van der Waals surface area contributed by atoms with Crippen LogP contribution < -0.4 is 0 Å². The van der Waals surface area contributed by atoms with Crippen molar-refractivity contribution in [2.45, 2.75) is 20.3 Å². The van der Waals surface area contributed by atoms with Gasteiger partial charge in [-0.25, -0.2) is 0 Å². The summed E-state index contributed by atoms with van der Waals surface area (Å²) in [4.78, 5) is 1.50. The molecule has 0 fully saturated rings. The first-order valence-corrected chi connectivity index (χ1v) is 6.01. The average Bonchev–Trinajstić information content (AvgIpc) is 2.45. The van der Waals surface area contributed by atoms with E-state index >= 15 is 0 Å². The van der Waals surface area contributed by atoms with Crippen LogP contribution in [0.5, 0.6) is 0 Å². The van der Waals surface area contributed by atoms with Crippen molar-refractivity contribution in [1.29, 1.82) is 0 Å². The molecule has 0 bridgehead atoms. The third-order valence-electron chi connectivity index (χ3n) is 2.34. The van der Waals surface area contributed by atoms with E-state index in [0.717, 1.165) is 6.42 Å². The maximum absolute atomic E-state index is 3.58. The molecule has 0 spiro atoms. The molecule has 0 amide bonds. The van der Waals surface area contributed by atoms with E-state index in [-0.39, 0.29) is 0 Å². The smallest absolute Gasteiger partial charge is 0.0490 e. The molecule has 1 aromatic carbocycles. The minimum absolute atomic E-state index is 1.14. The quantitative estimate of drug-likeness (QED) is 0.702. The Bertz CT molecular complexity index is 443. The minimum atomic E-state index is 1.14. The highest BCUT2D eigenvalue weighted by Gasteiger charge is 2.07. The van der Waals surface area contributed by atoms with Crippen LogP contribution in [0.15, 0.2) is 22.7 Å². The van der Waals surface area contributed by atoms with Gasteiger partial charge in [0.1, 0.15) is 0 Å². The summed E-state index contributed by atoms with van der Waals surface area (Å²) in [6, 6.07) is 6.41. The first kappa shape index (κ1) is 9.22. The lowest BCUT2D eigenvalue weighted by atomic mass is 10.1. The van der Waals surface area contributed by atoms with Gasteiger partial charge >= 0.3 is 0 Å². The second-order valence-electron chi connectivity index (χ2n) is 3.12. The van der Waals surface area contributed by atoms with Gasteiger partial charge in [-0.15, -0.1) is 11.3 Å². The highest BCUT2D eigenvalue weighted by molar-refractivity contribution is 9.10. The van der Waals surface area contributed by atoms with Gasteiger partial charge in [-0.05, 0) is 46.3 Å². The highest BCUT2D eigenvalue weighted by Crippen LogP contribution is 2.35. The summed E-state index contributed by atoms with van der Waals surface area (Å²) in [5, 5.41) is 1.40. The lowest BCUT2D eigenvalue weighted by Crippen LogP contribution is -1.75. The number of hydrogen-bond donors (Lipinski definition) is 0. The fraction of sp³-hybridized carbons (Fsp3) is 0.273. The van der Waals surface area contributed by atoms with E-state index in [1.54, 1.807) is 0 Å². The zero-order valence-corrected chi connectivity index (χ0v) is 10.1. The van der Waals surface area contributed by atoms with Crippen LogP contribution >= 0.6 is 27.3 Å². The molecule has 0 saturated heterocycles. The number of fused-ring (bicyclic) bond motifs is 1. The third kappa shape index (κ3) is 1.42. The van der Waals surface area contributed by atoms with Crippen molar-refractivity contribution in [3.63, 3.8) is 0 Å². The van der Waals surface area contributed by atoms with E-state index in [9.17, 15) is 0 Å². The van der Waals surface area contributed by atoms with Crippen LogP contribution in [0.1, 0.15) is 17.4 Å². The Morgan fingerprint density at radius 2 is 2.15 bits per heavy atom. The van der Waals surface area contributed by atoms with Gasteiger partial charge in [0.25, 0.3) is 0 Å². The molecule has 0 aliphatic heterocycles. The van der Waals surface area contributed by atoms with Crippen LogP contribution in [0.4, 0.5) is 0 Å². The normalized spacial score (nSPS) is 11.0. The minimum Gasteiger partial charge on any atom is -0.139 e. The summed E-state index contributed by atoms with van der Waals surface area (Å²) < 4.78 is 2.61. The number of hydrogen-bond acceptors (Lipinski definition) is 1. The van der Waals surface area contributed by atoms with Gasteiger partial charge < -0.3 is 0 Å². The largest absolute Gasteiger partial charge is 0.139 e. The van der Waals surface area contributed by atoms with E-state index in [4.69, 9.17) is 0 Å². The Kier molecular flexibility index (Phi) is 2.43. The summed E-state index contributed by atoms with van der Waals surface area (Å²) in [5.41, 5.74) is 1.45. The SMILES string of the molecule is CCc1sc2c(Br)cccc2c1C. The summed E-state index contributed by atoms with van der Waals surface area (Å²) in [6.07, 6.45) is 1.14. The predicted octanol–water partition coefficient (Wildman–Crippen LogP) is 4.53. The lowest BCUT2D eigenvalue weighted by molar-refractivity contribution is 1.16. The number of aryl methyl sites for hydroxylation is 2. The van der Waals surface area contributed by atoms with Crippen molar-refractivity contribution in [2.75, 3.05) is 0 Å². The molecule has 2 aromatic rings. The fourth-order valence-electron chi connectivity index (χ4n) is 1.60. The number of rotatable bonds is 1. The number of halogens is 1. The molecule has 2 rings (SSSR count). The second kappa shape index (κ2) is 3.43. The van der Waals surface area contributed by atoms with Gasteiger partial charge in [0.05, 0.1) is 0 Å². The Morgan fingerprint density at radius 3 is 2.77 bits per heavy atom. The molecule has 1 heterocycles. The topological polar surface area (TPSA) is 0 Å². The van der Waals surface area contributed by atoms with Gasteiger partial charge in [-0.1, -0.05) is 19.1 Å². The Morgan fingerprint density at radius 1 is 1.38 bits per heavy atom. The Labute approximate surface area is 90.7 Å². The summed E-state index contributed by atoms with van der Waals surface area (Å²) in [5.74, 6) is 0. The monoisotopic (exact) mass is 254 g/mol. The third-order valence-corrected chi connectivity index (χ3v) is 4.74. The molecule has 0 atom stereocenters. The Balaban J connectivity index is 2.83. The highest BCUT2D eigenvalue weighted by atomic mass is 79.9. The molecule has 0 radical (unpaired) electrons. The molecule has 2 heteroatoms. The van der Waals surface area contributed by atoms with E-state index in [1.807, 2.05) is 11.3 Å². The van der Waals surface area contributed by atoms with Crippen molar-refractivity contribution in [3.05, 3.63) is 33.1 Å². The average molecular weight is 255 g/mol. The zero-order valence-electron chi connectivity index (χ0n) is 7.73. The van der Waals surface area contributed by atoms with Crippen molar-refractivity contribution >= 4 is 37.4 Å². The van der Waals surface area contributed by atoms with E-state index in [2.05, 4.69) is 48.0 Å². The van der Waals surface area contributed by atoms with Gasteiger partial charge in [-0.2, -0.15) is 0 Å². The van der Waals surface area contributed by atoms with Crippen LogP contribution in [0, 0.1) is 6.92 Å². The van der Waals surface area contributed by atoms with Gasteiger partial charge in [-0.3, -0.25) is 0 Å². The van der Waals surface area contributed by atoms with Crippen molar-refractivity contribution in [1.82, 2.24) is 0 Å². The predicted molar refractivity (Wildman–Crippen MR) is 63.6 cm³/mol. The van der Waals surface area contributed by atoms with Gasteiger partial charge in [0.15, 0.2) is 0 Å². The van der Waals surface area contributed by atoms with E-state index in [0.29, 0.717) is 0 Å². The first-order valence-electron chi connectivity index (χ1n) is 4.40. The summed E-state index contributed by atoms with van der Waals surface area (Å²) in [7, 11) is 0. The maximum atomic E-state index is 3.58. The van der Waals surface area contributed by atoms with Crippen molar-refractivity contribution in [2.24, 2.45) is 0 Å². The molecule has 0 saturated carbocycles. The molecule has 0 N–H and O–H groups in total. The van der Waals surface area contributed by atoms with E-state index < -0.39 is 0 Å². The maximum Gasteiger partial charge on any atom is 0.0490 e. The summed E-state index contributed by atoms with van der Waals surface area (Å²) in [6.45, 7) is 4.43. The van der Waals surface area contributed by atoms with Crippen LogP contribution in [0.2, 0.25) is 0 Å². The molecular weight excluding hydrogens is 244 g/mol. The van der Waals surface area contributed by atoms with Crippen LogP contribution in [0.25, 0.3) is 10.1 Å². The van der Waals surface area contributed by atoms with E-state index in [1.165, 1.54) is 25.0 Å². The number of thiophene rings is 1. The fourth-order valence-corrected chi connectivity index (χ4v) is 3.35. The number of benzene rings is 1. The van der Waals surface area contributed by atoms with Crippen LogP contribution in [0.3, 0.4) is 0 Å². The van der Waals surface area contributed by atoms with Crippen molar-refractivity contribution < 1.29 is 0 Å². The summed E-state index contributed by atoms with van der Waals surface area (Å²) >= 11 is 5.49. The molecule has 1 aromatic heterocycles. The molecule has 0 aliphatic carbocycles. The standard InChI is InChI=1S/C11H11BrS/c1-3-10-7(2)8-5-4-6-9(12)11(8)13-10/h4-6H,3H2,1-2H3.